The van der Waals surface area contributed by atoms with Gasteiger partial charge in [-0.05, 0) is 50.6 Å². The van der Waals surface area contributed by atoms with Crippen LogP contribution in [0.3, 0.4) is 0 Å². The summed E-state index contributed by atoms with van der Waals surface area (Å²) in [7, 11) is 5.07. The van der Waals surface area contributed by atoms with Gasteiger partial charge in [-0.3, -0.25) is 4.79 Å². The molecule has 0 unspecified atom stereocenters. The molecule has 21 heavy (non-hydrogen) atoms. The van der Waals surface area contributed by atoms with Gasteiger partial charge in [0, 0.05) is 13.1 Å². The summed E-state index contributed by atoms with van der Waals surface area (Å²) in [6.07, 6.45) is 0.835. The number of ether oxygens (including phenoxy) is 2. The first-order chi connectivity index (χ1) is 9.92. The van der Waals surface area contributed by atoms with E-state index in [1.54, 1.807) is 14.2 Å². The second-order valence-corrected chi connectivity index (χ2v) is 5.83. The molecule has 0 saturated carbocycles. The Morgan fingerprint density at radius 2 is 1.76 bits per heavy atom. The summed E-state index contributed by atoms with van der Waals surface area (Å²) in [5.41, 5.74) is 1.80. The van der Waals surface area contributed by atoms with Crippen LogP contribution in [-0.2, 0) is 17.8 Å². The van der Waals surface area contributed by atoms with Gasteiger partial charge in [0.05, 0.1) is 19.8 Å². The third kappa shape index (κ3) is 2.97. The fraction of sp³-hybridized carbons (Fsp3) is 0.562. The van der Waals surface area contributed by atoms with Crippen LogP contribution in [-0.4, -0.2) is 44.2 Å². The van der Waals surface area contributed by atoms with Crippen molar-refractivity contribution in [1.82, 2.24) is 10.2 Å². The Kier molecular flexibility index (Phi) is 4.42. The van der Waals surface area contributed by atoms with E-state index in [1.807, 2.05) is 37.9 Å². The average molecular weight is 292 g/mol. The van der Waals surface area contributed by atoms with Gasteiger partial charge in [-0.1, -0.05) is 0 Å². The SMILES string of the molecule is CNC(C)(C)C(=O)N1CCc2cc(OC)c(OC)cc2C1. The molecule has 5 heteroatoms. The molecule has 1 heterocycles. The molecule has 0 bridgehead atoms. The van der Waals surface area contributed by atoms with Gasteiger partial charge in [-0.15, -0.1) is 0 Å². The highest BCUT2D eigenvalue weighted by molar-refractivity contribution is 5.85. The smallest absolute Gasteiger partial charge is 0.242 e. The van der Waals surface area contributed by atoms with Crippen molar-refractivity contribution in [2.45, 2.75) is 32.4 Å². The lowest BCUT2D eigenvalue weighted by molar-refractivity contribution is -0.137. The maximum absolute atomic E-state index is 12.5. The first-order valence-electron chi connectivity index (χ1n) is 7.15. The molecule has 0 radical (unpaired) electrons. The fourth-order valence-corrected chi connectivity index (χ4v) is 2.56. The second kappa shape index (κ2) is 5.93. The number of methoxy groups -OCH3 is 2. The standard InChI is InChI=1S/C16H24N2O3/c1-16(2,17-3)15(19)18-7-6-11-8-13(20-4)14(21-5)9-12(11)10-18/h8-9,17H,6-7,10H2,1-5H3. The molecule has 1 aliphatic rings. The summed E-state index contributed by atoms with van der Waals surface area (Å²) in [5.74, 6) is 1.57. The van der Waals surface area contributed by atoms with Crippen molar-refractivity contribution in [2.24, 2.45) is 0 Å². The predicted molar refractivity (Wildman–Crippen MR) is 81.8 cm³/mol. The molecule has 1 N–H and O–H groups in total. The molecule has 0 saturated heterocycles. The molecular formula is C16H24N2O3. The molecule has 1 aromatic rings. The quantitative estimate of drug-likeness (QED) is 0.915. The monoisotopic (exact) mass is 292 g/mol. The maximum Gasteiger partial charge on any atom is 0.242 e. The first kappa shape index (κ1) is 15.6. The fourth-order valence-electron chi connectivity index (χ4n) is 2.56. The topological polar surface area (TPSA) is 50.8 Å². The molecule has 2 rings (SSSR count). The molecule has 1 aliphatic heterocycles. The van der Waals surface area contributed by atoms with Crippen LogP contribution in [0.5, 0.6) is 11.5 Å². The molecule has 0 aromatic heterocycles. The summed E-state index contributed by atoms with van der Waals surface area (Å²) < 4.78 is 10.7. The van der Waals surface area contributed by atoms with Gasteiger partial charge in [0.2, 0.25) is 5.91 Å². The van der Waals surface area contributed by atoms with Gasteiger partial charge in [0.25, 0.3) is 0 Å². The largest absolute Gasteiger partial charge is 0.493 e. The van der Waals surface area contributed by atoms with Crippen LogP contribution in [0.2, 0.25) is 0 Å². The molecule has 0 fully saturated rings. The van der Waals surface area contributed by atoms with Gasteiger partial charge in [-0.2, -0.15) is 0 Å². The molecular weight excluding hydrogens is 268 g/mol. The summed E-state index contributed by atoms with van der Waals surface area (Å²) in [6.45, 7) is 5.14. The highest BCUT2D eigenvalue weighted by Gasteiger charge is 2.32. The van der Waals surface area contributed by atoms with E-state index < -0.39 is 5.54 Å². The summed E-state index contributed by atoms with van der Waals surface area (Å²) in [4.78, 5) is 14.4. The lowest BCUT2D eigenvalue weighted by Gasteiger charge is -2.35. The van der Waals surface area contributed by atoms with Crippen molar-refractivity contribution in [2.75, 3.05) is 27.8 Å². The van der Waals surface area contributed by atoms with Crippen LogP contribution in [0.15, 0.2) is 12.1 Å². The number of hydrogen-bond donors (Lipinski definition) is 1. The van der Waals surface area contributed by atoms with Gasteiger partial charge < -0.3 is 19.7 Å². The lowest BCUT2D eigenvalue weighted by Crippen LogP contribution is -2.53. The Hall–Kier alpha value is -1.75. The van der Waals surface area contributed by atoms with E-state index in [0.717, 1.165) is 24.3 Å². The van der Waals surface area contributed by atoms with Crippen molar-refractivity contribution in [3.05, 3.63) is 23.3 Å². The third-order valence-corrected chi connectivity index (χ3v) is 4.16. The Morgan fingerprint density at radius 1 is 1.19 bits per heavy atom. The van der Waals surface area contributed by atoms with Gasteiger partial charge in [0.15, 0.2) is 11.5 Å². The molecule has 0 spiro atoms. The van der Waals surface area contributed by atoms with Gasteiger partial charge in [-0.25, -0.2) is 0 Å². The number of rotatable bonds is 4. The number of fused-ring (bicyclic) bond motifs is 1. The zero-order valence-corrected chi connectivity index (χ0v) is 13.4. The van der Waals surface area contributed by atoms with E-state index in [-0.39, 0.29) is 5.91 Å². The summed E-state index contributed by atoms with van der Waals surface area (Å²) in [6, 6.07) is 3.99. The van der Waals surface area contributed by atoms with Crippen LogP contribution in [0.4, 0.5) is 0 Å². The van der Waals surface area contributed by atoms with E-state index in [2.05, 4.69) is 5.32 Å². The highest BCUT2D eigenvalue weighted by atomic mass is 16.5. The predicted octanol–water partition coefficient (Wildman–Crippen LogP) is 1.59. The van der Waals surface area contributed by atoms with Crippen LogP contribution >= 0.6 is 0 Å². The number of nitrogens with one attached hydrogen (secondary N) is 1. The molecule has 0 aliphatic carbocycles. The minimum absolute atomic E-state index is 0.116. The number of nitrogens with zero attached hydrogens (tertiary/aromatic N) is 1. The van der Waals surface area contributed by atoms with Crippen molar-refractivity contribution < 1.29 is 14.3 Å². The van der Waals surface area contributed by atoms with E-state index in [1.165, 1.54) is 5.56 Å². The highest BCUT2D eigenvalue weighted by Crippen LogP contribution is 2.33. The molecule has 5 nitrogen and oxygen atoms in total. The zero-order chi connectivity index (χ0) is 15.6. The normalized spacial score (nSPS) is 14.6. The van der Waals surface area contributed by atoms with Crippen LogP contribution in [0.1, 0.15) is 25.0 Å². The number of benzene rings is 1. The Balaban J connectivity index is 2.26. The second-order valence-electron chi connectivity index (χ2n) is 5.83. The minimum Gasteiger partial charge on any atom is -0.493 e. The number of carbonyl (C=O) groups is 1. The Labute approximate surface area is 126 Å². The van der Waals surface area contributed by atoms with E-state index >= 15 is 0 Å². The zero-order valence-electron chi connectivity index (χ0n) is 13.4. The van der Waals surface area contributed by atoms with Crippen molar-refractivity contribution in [1.29, 1.82) is 0 Å². The summed E-state index contributed by atoms with van der Waals surface area (Å²) in [5, 5.41) is 3.07. The third-order valence-electron chi connectivity index (χ3n) is 4.16. The molecule has 1 amide bonds. The molecule has 0 atom stereocenters. The number of hydrogen-bond acceptors (Lipinski definition) is 4. The summed E-state index contributed by atoms with van der Waals surface area (Å²) >= 11 is 0. The number of amides is 1. The van der Waals surface area contributed by atoms with Crippen LogP contribution < -0.4 is 14.8 Å². The first-order valence-corrected chi connectivity index (χ1v) is 7.15. The molecule has 1 aromatic carbocycles. The molecule has 116 valence electrons. The number of carbonyl (C=O) groups excluding carboxylic acids is 1. The maximum atomic E-state index is 12.5. The average Bonchev–Trinajstić information content (AvgIpc) is 2.51. The van der Waals surface area contributed by atoms with Crippen LogP contribution in [0.25, 0.3) is 0 Å². The number of likely N-dealkylation sites (N-methyl/N-ethyl adjacent to an activating group) is 1. The van der Waals surface area contributed by atoms with Crippen molar-refractivity contribution in [3.63, 3.8) is 0 Å². The van der Waals surface area contributed by atoms with Crippen molar-refractivity contribution >= 4 is 5.91 Å². The minimum atomic E-state index is -0.548. The van der Waals surface area contributed by atoms with Crippen LogP contribution in [0, 0.1) is 0 Å². The lowest BCUT2D eigenvalue weighted by atomic mass is 9.96. The Bertz CT molecular complexity index is 541. The van der Waals surface area contributed by atoms with Crippen molar-refractivity contribution in [3.8, 4) is 11.5 Å². The van der Waals surface area contributed by atoms with E-state index in [0.29, 0.717) is 12.3 Å². The van der Waals surface area contributed by atoms with Gasteiger partial charge in [0.1, 0.15) is 0 Å². The van der Waals surface area contributed by atoms with E-state index in [9.17, 15) is 4.79 Å². The van der Waals surface area contributed by atoms with Gasteiger partial charge >= 0.3 is 0 Å². The Morgan fingerprint density at radius 3 is 2.29 bits per heavy atom. The van der Waals surface area contributed by atoms with E-state index in [4.69, 9.17) is 9.47 Å².